The van der Waals surface area contributed by atoms with Gasteiger partial charge in [-0.05, 0) is 19.1 Å². The van der Waals surface area contributed by atoms with Crippen molar-refractivity contribution in [3.05, 3.63) is 28.8 Å². The van der Waals surface area contributed by atoms with Gasteiger partial charge in [0.15, 0.2) is 0 Å². The highest BCUT2D eigenvalue weighted by molar-refractivity contribution is 6.30. The normalized spacial score (nSPS) is 10.7. The Bertz CT molecular complexity index is 312. The van der Waals surface area contributed by atoms with Gasteiger partial charge in [-0.2, -0.15) is 0 Å². The lowest BCUT2D eigenvalue weighted by Gasteiger charge is -2.13. The molecule has 0 fully saturated rings. The monoisotopic (exact) mass is 227 g/mol. The summed E-state index contributed by atoms with van der Waals surface area (Å²) in [6.45, 7) is 7.69. The van der Waals surface area contributed by atoms with E-state index in [2.05, 4.69) is 19.2 Å². The maximum absolute atomic E-state index is 5.91. The lowest BCUT2D eigenvalue weighted by atomic mass is 10.2. The SMILES string of the molecule is CCOc1cc(Cl)ccc1CNC(C)C. The van der Waals surface area contributed by atoms with Crippen LogP contribution in [0.15, 0.2) is 18.2 Å². The molecule has 0 aliphatic heterocycles. The number of benzene rings is 1. The summed E-state index contributed by atoms with van der Waals surface area (Å²) in [7, 11) is 0. The first-order valence-electron chi connectivity index (χ1n) is 5.28. The van der Waals surface area contributed by atoms with Crippen LogP contribution in [0.5, 0.6) is 5.75 Å². The summed E-state index contributed by atoms with van der Waals surface area (Å²) in [5, 5.41) is 4.07. The van der Waals surface area contributed by atoms with Gasteiger partial charge in [-0.25, -0.2) is 0 Å². The Kier molecular flexibility index (Phi) is 4.92. The van der Waals surface area contributed by atoms with Crippen LogP contribution >= 0.6 is 11.6 Å². The third-order valence-corrected chi connectivity index (χ3v) is 2.26. The molecule has 84 valence electrons. The zero-order chi connectivity index (χ0) is 11.3. The largest absolute Gasteiger partial charge is 0.493 e. The Morgan fingerprint density at radius 3 is 2.73 bits per heavy atom. The first-order valence-corrected chi connectivity index (χ1v) is 5.66. The molecule has 2 nitrogen and oxygen atoms in total. The Morgan fingerprint density at radius 2 is 2.13 bits per heavy atom. The maximum atomic E-state index is 5.91. The second-order valence-electron chi connectivity index (χ2n) is 3.72. The number of hydrogen-bond donors (Lipinski definition) is 1. The van der Waals surface area contributed by atoms with E-state index >= 15 is 0 Å². The van der Waals surface area contributed by atoms with Gasteiger partial charge in [0.2, 0.25) is 0 Å². The van der Waals surface area contributed by atoms with E-state index in [-0.39, 0.29) is 0 Å². The van der Waals surface area contributed by atoms with Crippen molar-refractivity contribution in [3.8, 4) is 5.75 Å². The van der Waals surface area contributed by atoms with Gasteiger partial charge in [0, 0.05) is 23.2 Å². The van der Waals surface area contributed by atoms with Crippen molar-refractivity contribution in [3.63, 3.8) is 0 Å². The van der Waals surface area contributed by atoms with E-state index in [4.69, 9.17) is 16.3 Å². The Labute approximate surface area is 96.6 Å². The second-order valence-corrected chi connectivity index (χ2v) is 4.16. The summed E-state index contributed by atoms with van der Waals surface area (Å²) in [4.78, 5) is 0. The molecule has 1 rings (SSSR count). The lowest BCUT2D eigenvalue weighted by Crippen LogP contribution is -2.22. The molecular formula is C12H18ClNO. The predicted molar refractivity (Wildman–Crippen MR) is 64.6 cm³/mol. The van der Waals surface area contributed by atoms with Crippen LogP contribution in [-0.2, 0) is 6.54 Å². The van der Waals surface area contributed by atoms with Crippen LogP contribution in [-0.4, -0.2) is 12.6 Å². The van der Waals surface area contributed by atoms with Crippen LogP contribution in [0.25, 0.3) is 0 Å². The number of rotatable bonds is 5. The third-order valence-electron chi connectivity index (χ3n) is 2.03. The van der Waals surface area contributed by atoms with E-state index in [9.17, 15) is 0 Å². The average Bonchev–Trinajstić information content (AvgIpc) is 2.17. The first-order chi connectivity index (χ1) is 7.13. The highest BCUT2D eigenvalue weighted by atomic mass is 35.5. The molecule has 0 amide bonds. The van der Waals surface area contributed by atoms with Crippen molar-refractivity contribution >= 4 is 11.6 Å². The maximum Gasteiger partial charge on any atom is 0.125 e. The Morgan fingerprint density at radius 1 is 1.40 bits per heavy atom. The molecule has 0 atom stereocenters. The topological polar surface area (TPSA) is 21.3 Å². The van der Waals surface area contributed by atoms with Crippen molar-refractivity contribution in [1.82, 2.24) is 5.32 Å². The molecule has 0 aliphatic carbocycles. The second kappa shape index (κ2) is 5.99. The Hall–Kier alpha value is -0.730. The molecular weight excluding hydrogens is 210 g/mol. The first kappa shape index (κ1) is 12.3. The minimum absolute atomic E-state index is 0.468. The number of hydrogen-bond acceptors (Lipinski definition) is 2. The van der Waals surface area contributed by atoms with Crippen LogP contribution in [0, 0.1) is 0 Å². The molecule has 1 N–H and O–H groups in total. The highest BCUT2D eigenvalue weighted by Crippen LogP contribution is 2.23. The summed E-state index contributed by atoms with van der Waals surface area (Å²) >= 11 is 5.91. The molecule has 15 heavy (non-hydrogen) atoms. The van der Waals surface area contributed by atoms with E-state index in [0.29, 0.717) is 17.7 Å². The molecule has 1 aromatic carbocycles. The number of nitrogens with one attached hydrogen (secondary N) is 1. The number of halogens is 1. The molecule has 0 aliphatic rings. The Balaban J connectivity index is 2.76. The zero-order valence-corrected chi connectivity index (χ0v) is 10.3. The molecule has 0 spiro atoms. The van der Waals surface area contributed by atoms with Crippen molar-refractivity contribution in [2.24, 2.45) is 0 Å². The van der Waals surface area contributed by atoms with Gasteiger partial charge in [0.05, 0.1) is 6.61 Å². The van der Waals surface area contributed by atoms with Crippen molar-refractivity contribution in [1.29, 1.82) is 0 Å². The standard InChI is InChI=1S/C12H18ClNO/c1-4-15-12-7-11(13)6-5-10(12)8-14-9(2)3/h5-7,9,14H,4,8H2,1-3H3. The van der Waals surface area contributed by atoms with Gasteiger partial charge in [-0.3, -0.25) is 0 Å². The fraction of sp³-hybridized carbons (Fsp3) is 0.500. The summed E-state index contributed by atoms with van der Waals surface area (Å²) in [6.07, 6.45) is 0. The van der Waals surface area contributed by atoms with Crippen molar-refractivity contribution in [2.45, 2.75) is 33.4 Å². The zero-order valence-electron chi connectivity index (χ0n) is 9.51. The highest BCUT2D eigenvalue weighted by Gasteiger charge is 2.04. The van der Waals surface area contributed by atoms with Crippen molar-refractivity contribution < 1.29 is 4.74 Å². The quantitative estimate of drug-likeness (QED) is 0.834. The fourth-order valence-electron chi connectivity index (χ4n) is 1.28. The molecule has 1 aromatic rings. The summed E-state index contributed by atoms with van der Waals surface area (Å²) < 4.78 is 5.53. The summed E-state index contributed by atoms with van der Waals surface area (Å²) in [6, 6.07) is 6.22. The number of ether oxygens (including phenoxy) is 1. The van der Waals surface area contributed by atoms with E-state index in [1.54, 1.807) is 0 Å². The smallest absolute Gasteiger partial charge is 0.125 e. The lowest BCUT2D eigenvalue weighted by molar-refractivity contribution is 0.335. The molecule has 0 heterocycles. The van der Waals surface area contributed by atoms with Gasteiger partial charge in [0.25, 0.3) is 0 Å². The van der Waals surface area contributed by atoms with E-state index in [0.717, 1.165) is 17.9 Å². The molecule has 3 heteroatoms. The minimum atomic E-state index is 0.468. The molecule has 0 unspecified atom stereocenters. The van der Waals surface area contributed by atoms with Gasteiger partial charge < -0.3 is 10.1 Å². The van der Waals surface area contributed by atoms with E-state index in [1.807, 2.05) is 25.1 Å². The third kappa shape index (κ3) is 4.10. The van der Waals surface area contributed by atoms with Gasteiger partial charge >= 0.3 is 0 Å². The average molecular weight is 228 g/mol. The van der Waals surface area contributed by atoms with Crippen LogP contribution in [0.3, 0.4) is 0 Å². The van der Waals surface area contributed by atoms with E-state index in [1.165, 1.54) is 0 Å². The van der Waals surface area contributed by atoms with E-state index < -0.39 is 0 Å². The molecule has 0 radical (unpaired) electrons. The summed E-state index contributed by atoms with van der Waals surface area (Å²) in [5.41, 5.74) is 1.15. The minimum Gasteiger partial charge on any atom is -0.493 e. The van der Waals surface area contributed by atoms with Crippen LogP contribution < -0.4 is 10.1 Å². The van der Waals surface area contributed by atoms with Crippen LogP contribution in [0.1, 0.15) is 26.3 Å². The van der Waals surface area contributed by atoms with Crippen LogP contribution in [0.2, 0.25) is 5.02 Å². The van der Waals surface area contributed by atoms with Gasteiger partial charge in [0.1, 0.15) is 5.75 Å². The van der Waals surface area contributed by atoms with Crippen LogP contribution in [0.4, 0.5) is 0 Å². The molecule has 0 aromatic heterocycles. The fourth-order valence-corrected chi connectivity index (χ4v) is 1.44. The molecule has 0 saturated carbocycles. The molecule has 0 bridgehead atoms. The molecule has 0 saturated heterocycles. The van der Waals surface area contributed by atoms with Gasteiger partial charge in [-0.1, -0.05) is 31.5 Å². The predicted octanol–water partition coefficient (Wildman–Crippen LogP) is 3.24. The summed E-state index contributed by atoms with van der Waals surface area (Å²) in [5.74, 6) is 0.873. The van der Waals surface area contributed by atoms with Gasteiger partial charge in [-0.15, -0.1) is 0 Å². The van der Waals surface area contributed by atoms with Crippen molar-refractivity contribution in [2.75, 3.05) is 6.61 Å².